The number of nitrogens with zero attached hydrogens (tertiary/aromatic N) is 2. The summed E-state index contributed by atoms with van der Waals surface area (Å²) in [4.78, 5) is 25.6. The maximum absolute atomic E-state index is 11.9. The summed E-state index contributed by atoms with van der Waals surface area (Å²) in [6, 6.07) is -1.01. The van der Waals surface area contributed by atoms with Crippen molar-refractivity contribution in [3.8, 4) is 12.3 Å². The van der Waals surface area contributed by atoms with Crippen molar-refractivity contribution in [2.45, 2.75) is 25.3 Å². The van der Waals surface area contributed by atoms with E-state index < -0.39 is 12.0 Å². The molecule has 1 saturated heterocycles. The molecule has 1 aliphatic heterocycles. The van der Waals surface area contributed by atoms with E-state index in [0.29, 0.717) is 13.0 Å². The van der Waals surface area contributed by atoms with E-state index >= 15 is 0 Å². The Morgan fingerprint density at radius 1 is 1.56 bits per heavy atom. The topological polar surface area (TPSA) is 60.9 Å². The van der Waals surface area contributed by atoms with Crippen LogP contribution in [0.2, 0.25) is 0 Å². The summed E-state index contributed by atoms with van der Waals surface area (Å²) in [6.07, 6.45) is 7.32. The standard InChI is InChI=1S/C11H16N2O3/c1-3-7-12(2)11(16)13-8-5-4-6-9(13)10(14)15/h1,9H,4-8H2,2H3,(H,14,15). The zero-order valence-corrected chi connectivity index (χ0v) is 9.35. The van der Waals surface area contributed by atoms with Crippen molar-refractivity contribution in [1.29, 1.82) is 0 Å². The number of terminal acetylenes is 1. The SMILES string of the molecule is C#CCN(C)C(=O)N1CCCCC1C(=O)O. The summed E-state index contributed by atoms with van der Waals surface area (Å²) in [5.74, 6) is 1.42. The molecule has 0 aromatic carbocycles. The third kappa shape index (κ3) is 2.66. The minimum atomic E-state index is -0.942. The second-order valence-electron chi connectivity index (χ2n) is 3.89. The lowest BCUT2D eigenvalue weighted by Gasteiger charge is -2.35. The van der Waals surface area contributed by atoms with E-state index in [-0.39, 0.29) is 12.6 Å². The smallest absolute Gasteiger partial charge is 0.326 e. The van der Waals surface area contributed by atoms with E-state index in [1.165, 1.54) is 9.80 Å². The van der Waals surface area contributed by atoms with Gasteiger partial charge in [0.05, 0.1) is 6.54 Å². The van der Waals surface area contributed by atoms with Gasteiger partial charge >= 0.3 is 12.0 Å². The quantitative estimate of drug-likeness (QED) is 0.699. The number of hydrogen-bond donors (Lipinski definition) is 1. The summed E-state index contributed by atoms with van der Waals surface area (Å²) >= 11 is 0. The van der Waals surface area contributed by atoms with Crippen LogP contribution in [0.1, 0.15) is 19.3 Å². The molecule has 5 nitrogen and oxygen atoms in total. The average molecular weight is 224 g/mol. The van der Waals surface area contributed by atoms with Crippen molar-refractivity contribution >= 4 is 12.0 Å². The van der Waals surface area contributed by atoms with Gasteiger partial charge in [-0.25, -0.2) is 9.59 Å². The number of aliphatic carboxylic acids is 1. The van der Waals surface area contributed by atoms with Crippen LogP contribution in [-0.4, -0.2) is 53.1 Å². The Labute approximate surface area is 95.0 Å². The van der Waals surface area contributed by atoms with Crippen molar-refractivity contribution in [2.75, 3.05) is 20.1 Å². The van der Waals surface area contributed by atoms with Gasteiger partial charge in [0.15, 0.2) is 0 Å². The van der Waals surface area contributed by atoms with Gasteiger partial charge in [-0.15, -0.1) is 6.42 Å². The Bertz CT molecular complexity index is 322. The molecule has 1 aliphatic rings. The van der Waals surface area contributed by atoms with E-state index in [0.717, 1.165) is 12.8 Å². The predicted molar refractivity (Wildman–Crippen MR) is 58.8 cm³/mol. The highest BCUT2D eigenvalue weighted by molar-refractivity contribution is 5.82. The fourth-order valence-electron chi connectivity index (χ4n) is 1.84. The monoisotopic (exact) mass is 224 g/mol. The number of carbonyl (C=O) groups excluding carboxylic acids is 1. The molecule has 1 unspecified atom stereocenters. The molecule has 1 fully saturated rings. The Kier molecular flexibility index (Phi) is 4.18. The second kappa shape index (κ2) is 5.40. The van der Waals surface area contributed by atoms with Crippen molar-refractivity contribution in [2.24, 2.45) is 0 Å². The highest BCUT2D eigenvalue weighted by atomic mass is 16.4. The zero-order chi connectivity index (χ0) is 12.1. The summed E-state index contributed by atoms with van der Waals surface area (Å²) in [7, 11) is 1.58. The van der Waals surface area contributed by atoms with E-state index in [1.807, 2.05) is 0 Å². The lowest BCUT2D eigenvalue weighted by Crippen LogP contribution is -2.52. The molecule has 0 saturated carbocycles. The average Bonchev–Trinajstić information content (AvgIpc) is 2.28. The summed E-state index contributed by atoms with van der Waals surface area (Å²) in [6.45, 7) is 0.687. The molecule has 1 atom stereocenters. The second-order valence-corrected chi connectivity index (χ2v) is 3.89. The number of amides is 2. The van der Waals surface area contributed by atoms with Gasteiger partial charge in [-0.05, 0) is 19.3 Å². The number of carboxylic acids is 1. The molecule has 16 heavy (non-hydrogen) atoms. The molecular weight excluding hydrogens is 208 g/mol. The van der Waals surface area contributed by atoms with Crippen LogP contribution in [0.3, 0.4) is 0 Å². The van der Waals surface area contributed by atoms with Gasteiger partial charge in [-0.1, -0.05) is 5.92 Å². The largest absolute Gasteiger partial charge is 0.480 e. The fourth-order valence-corrected chi connectivity index (χ4v) is 1.84. The molecule has 0 aromatic heterocycles. The first-order chi connectivity index (χ1) is 7.57. The molecule has 0 spiro atoms. The van der Waals surface area contributed by atoms with Crippen molar-refractivity contribution in [3.63, 3.8) is 0 Å². The third-order valence-electron chi connectivity index (χ3n) is 2.69. The van der Waals surface area contributed by atoms with Crippen LogP contribution >= 0.6 is 0 Å². The zero-order valence-electron chi connectivity index (χ0n) is 9.35. The first-order valence-electron chi connectivity index (χ1n) is 5.26. The van der Waals surface area contributed by atoms with Gasteiger partial charge in [0.1, 0.15) is 6.04 Å². The van der Waals surface area contributed by atoms with Crippen molar-refractivity contribution in [3.05, 3.63) is 0 Å². The summed E-state index contributed by atoms with van der Waals surface area (Å²) < 4.78 is 0. The normalized spacial score (nSPS) is 20.0. The molecule has 1 N–H and O–H groups in total. The van der Waals surface area contributed by atoms with Crippen LogP contribution in [-0.2, 0) is 4.79 Å². The Hall–Kier alpha value is -1.70. The van der Waals surface area contributed by atoms with Crippen molar-refractivity contribution in [1.82, 2.24) is 9.80 Å². The number of carboxylic acid groups (broad SMARTS) is 1. The Morgan fingerprint density at radius 2 is 2.25 bits per heavy atom. The van der Waals surface area contributed by atoms with Crippen LogP contribution in [0.25, 0.3) is 0 Å². The fraction of sp³-hybridized carbons (Fsp3) is 0.636. The maximum Gasteiger partial charge on any atom is 0.326 e. The minimum absolute atomic E-state index is 0.196. The van der Waals surface area contributed by atoms with Crippen LogP contribution < -0.4 is 0 Å². The van der Waals surface area contributed by atoms with Crippen LogP contribution in [0.15, 0.2) is 0 Å². The number of likely N-dealkylation sites (tertiary alicyclic amines) is 1. The molecular formula is C11H16N2O3. The lowest BCUT2D eigenvalue weighted by atomic mass is 10.0. The van der Waals surface area contributed by atoms with E-state index in [9.17, 15) is 9.59 Å². The molecule has 0 bridgehead atoms. The molecule has 2 amide bonds. The number of piperidine rings is 1. The van der Waals surface area contributed by atoms with E-state index in [4.69, 9.17) is 11.5 Å². The first kappa shape index (κ1) is 12.4. The predicted octanol–water partition coefficient (Wildman–Crippen LogP) is 0.611. The molecule has 0 aliphatic carbocycles. The first-order valence-corrected chi connectivity index (χ1v) is 5.26. The lowest BCUT2D eigenvalue weighted by molar-refractivity contribution is -0.143. The van der Waals surface area contributed by atoms with E-state index in [2.05, 4.69) is 5.92 Å². The minimum Gasteiger partial charge on any atom is -0.480 e. The highest BCUT2D eigenvalue weighted by Crippen LogP contribution is 2.18. The molecule has 1 rings (SSSR count). The Morgan fingerprint density at radius 3 is 2.81 bits per heavy atom. The molecule has 5 heteroatoms. The maximum atomic E-state index is 11.9. The van der Waals surface area contributed by atoms with Gasteiger partial charge < -0.3 is 14.9 Å². The molecule has 0 aromatic rings. The molecule has 88 valence electrons. The third-order valence-corrected chi connectivity index (χ3v) is 2.69. The van der Waals surface area contributed by atoms with Crippen molar-refractivity contribution < 1.29 is 14.7 Å². The van der Waals surface area contributed by atoms with E-state index in [1.54, 1.807) is 7.05 Å². The Balaban J connectivity index is 2.72. The van der Waals surface area contributed by atoms with Crippen LogP contribution in [0.5, 0.6) is 0 Å². The van der Waals surface area contributed by atoms with Gasteiger partial charge in [0.25, 0.3) is 0 Å². The number of rotatable bonds is 2. The van der Waals surface area contributed by atoms with Gasteiger partial charge in [-0.3, -0.25) is 0 Å². The molecule has 0 radical (unpaired) electrons. The highest BCUT2D eigenvalue weighted by Gasteiger charge is 2.33. The summed E-state index contributed by atoms with van der Waals surface area (Å²) in [5, 5.41) is 9.02. The van der Waals surface area contributed by atoms with Gasteiger partial charge in [0, 0.05) is 13.6 Å². The van der Waals surface area contributed by atoms with Gasteiger partial charge in [-0.2, -0.15) is 0 Å². The van der Waals surface area contributed by atoms with Crippen LogP contribution in [0, 0.1) is 12.3 Å². The summed E-state index contributed by atoms with van der Waals surface area (Å²) in [5.41, 5.74) is 0. The molecule has 1 heterocycles. The number of hydrogen-bond acceptors (Lipinski definition) is 2. The van der Waals surface area contributed by atoms with Crippen LogP contribution in [0.4, 0.5) is 4.79 Å². The number of carbonyl (C=O) groups is 2. The number of urea groups is 1. The van der Waals surface area contributed by atoms with Gasteiger partial charge in [0.2, 0.25) is 0 Å².